The summed E-state index contributed by atoms with van der Waals surface area (Å²) in [6.45, 7) is 4.71. The lowest BCUT2D eigenvalue weighted by molar-refractivity contribution is 0.383. The molecule has 1 aliphatic heterocycles. The van der Waals surface area contributed by atoms with Crippen LogP contribution in [0.5, 0.6) is 0 Å². The van der Waals surface area contributed by atoms with E-state index in [2.05, 4.69) is 123 Å². The molecule has 0 saturated heterocycles. The molecular weight excluding hydrogens is 486 g/mol. The van der Waals surface area contributed by atoms with Crippen LogP contribution in [0.15, 0.2) is 137 Å². The van der Waals surface area contributed by atoms with Gasteiger partial charge in [-0.2, -0.15) is 0 Å². The Labute approximate surface area is 237 Å². The van der Waals surface area contributed by atoms with Crippen LogP contribution in [0.2, 0.25) is 0 Å². The minimum absolute atomic E-state index is 0.0280. The average molecular weight is 520 g/mol. The molecule has 2 atom stereocenters. The topological polar surface area (TPSA) is 28.0 Å². The van der Waals surface area contributed by atoms with Gasteiger partial charge < -0.3 is 4.90 Å². The fourth-order valence-corrected chi connectivity index (χ4v) is 6.48. The van der Waals surface area contributed by atoms with Crippen LogP contribution in [-0.2, 0) is 5.41 Å². The van der Waals surface area contributed by atoms with Gasteiger partial charge in [0.25, 0.3) is 0 Å². The summed E-state index contributed by atoms with van der Waals surface area (Å²) in [5.41, 5.74) is 10.4. The van der Waals surface area contributed by atoms with Gasteiger partial charge in [-0.15, -0.1) is 0 Å². The summed E-state index contributed by atoms with van der Waals surface area (Å²) < 4.78 is 0. The number of hydrogen-bond acceptors (Lipinski definition) is 3. The van der Waals surface area contributed by atoms with Crippen molar-refractivity contribution in [3.63, 3.8) is 0 Å². The molecule has 7 rings (SSSR count). The summed E-state index contributed by atoms with van der Waals surface area (Å²) >= 11 is 0. The zero-order valence-electron chi connectivity index (χ0n) is 23.3. The molecule has 2 aliphatic carbocycles. The fourth-order valence-electron chi connectivity index (χ4n) is 6.48. The van der Waals surface area contributed by atoms with Gasteiger partial charge >= 0.3 is 0 Å². The molecule has 3 aliphatic rings. The van der Waals surface area contributed by atoms with Crippen molar-refractivity contribution in [1.29, 1.82) is 0 Å². The second kappa shape index (κ2) is 9.60. The molecule has 1 heterocycles. The van der Waals surface area contributed by atoms with E-state index in [1.807, 2.05) is 24.3 Å². The number of hydrogen-bond donors (Lipinski definition) is 0. The standard InChI is InChI=1S/C37H33N3/c1-37(2)32-17-11-10-16-30(32)31-23-22-29(24-33(31)37)25-18-20-28(21-19-25)36-39-34(26-12-6-4-7-13-26)38-35(40(36)3)27-14-8-5-9-15-27/h4-21,23-24,29,35H,22H2,1-3H3. The lowest BCUT2D eigenvalue weighted by Gasteiger charge is -2.32. The lowest BCUT2D eigenvalue weighted by Crippen LogP contribution is -2.35. The average Bonchev–Trinajstić information content (AvgIpc) is 3.24. The molecule has 4 aromatic rings. The third-order valence-corrected chi connectivity index (χ3v) is 8.68. The van der Waals surface area contributed by atoms with Crippen LogP contribution in [0.3, 0.4) is 0 Å². The predicted octanol–water partition coefficient (Wildman–Crippen LogP) is 8.31. The zero-order valence-corrected chi connectivity index (χ0v) is 23.3. The summed E-state index contributed by atoms with van der Waals surface area (Å²) in [7, 11) is 2.09. The molecule has 0 aromatic heterocycles. The molecule has 4 aromatic carbocycles. The van der Waals surface area contributed by atoms with Gasteiger partial charge in [-0.3, -0.25) is 0 Å². The zero-order chi connectivity index (χ0) is 27.3. The van der Waals surface area contributed by atoms with E-state index in [9.17, 15) is 0 Å². The molecule has 0 N–H and O–H groups in total. The Morgan fingerprint density at radius 2 is 1.40 bits per heavy atom. The largest absolute Gasteiger partial charge is 0.333 e. The highest BCUT2D eigenvalue weighted by Gasteiger charge is 2.39. The van der Waals surface area contributed by atoms with Gasteiger partial charge in [0.1, 0.15) is 12.0 Å². The summed E-state index contributed by atoms with van der Waals surface area (Å²) in [6.07, 6.45) is 5.85. The summed E-state index contributed by atoms with van der Waals surface area (Å²) in [6, 6.07) is 38.7. The molecule has 3 nitrogen and oxygen atoms in total. The third-order valence-electron chi connectivity index (χ3n) is 8.68. The Kier molecular flexibility index (Phi) is 5.89. The Morgan fingerprint density at radius 1 is 0.725 bits per heavy atom. The van der Waals surface area contributed by atoms with E-state index in [1.165, 1.54) is 27.8 Å². The van der Waals surface area contributed by atoms with Crippen LogP contribution >= 0.6 is 0 Å². The predicted molar refractivity (Wildman–Crippen MR) is 166 cm³/mol. The van der Waals surface area contributed by atoms with Gasteiger partial charge in [0.2, 0.25) is 0 Å². The van der Waals surface area contributed by atoms with E-state index in [1.54, 1.807) is 0 Å². The highest BCUT2D eigenvalue weighted by molar-refractivity contribution is 6.12. The van der Waals surface area contributed by atoms with Gasteiger partial charge in [-0.05, 0) is 39.8 Å². The van der Waals surface area contributed by atoms with Gasteiger partial charge in [-0.1, -0.05) is 135 Å². The molecule has 196 valence electrons. The SMILES string of the molecule is CN1C(c2ccc(C3C=C4C(=CC3)c3ccccc3C4(C)C)cc2)=NC(c2ccccc2)=NC1c1ccccc1. The Morgan fingerprint density at radius 3 is 2.15 bits per heavy atom. The van der Waals surface area contributed by atoms with Crippen molar-refractivity contribution < 1.29 is 0 Å². The maximum absolute atomic E-state index is 5.08. The monoisotopic (exact) mass is 519 g/mol. The smallest absolute Gasteiger partial charge is 0.159 e. The highest BCUT2D eigenvalue weighted by atomic mass is 15.3. The molecule has 0 saturated carbocycles. The van der Waals surface area contributed by atoms with Crippen LogP contribution in [0.25, 0.3) is 5.57 Å². The van der Waals surface area contributed by atoms with Crippen molar-refractivity contribution in [2.24, 2.45) is 9.98 Å². The van der Waals surface area contributed by atoms with E-state index in [0.717, 1.165) is 34.8 Å². The van der Waals surface area contributed by atoms with Gasteiger partial charge in [0.05, 0.1) is 0 Å². The van der Waals surface area contributed by atoms with Crippen LogP contribution in [0.1, 0.15) is 65.7 Å². The van der Waals surface area contributed by atoms with Crippen LogP contribution in [0.4, 0.5) is 0 Å². The number of amidine groups is 2. The molecule has 3 heteroatoms. The minimum Gasteiger partial charge on any atom is -0.333 e. The molecular formula is C37H33N3. The van der Waals surface area contributed by atoms with Gasteiger partial charge in [-0.25, -0.2) is 9.98 Å². The highest BCUT2D eigenvalue weighted by Crippen LogP contribution is 2.52. The first kappa shape index (κ1) is 24.5. The molecule has 0 amide bonds. The van der Waals surface area contributed by atoms with E-state index in [0.29, 0.717) is 5.92 Å². The number of rotatable bonds is 4. The quantitative estimate of drug-likeness (QED) is 0.266. The second-order valence-corrected chi connectivity index (χ2v) is 11.5. The lowest BCUT2D eigenvalue weighted by atomic mass is 9.77. The summed E-state index contributed by atoms with van der Waals surface area (Å²) in [4.78, 5) is 12.3. The Balaban J connectivity index is 1.22. The molecule has 0 fully saturated rings. The van der Waals surface area contributed by atoms with Gasteiger partial charge in [0.15, 0.2) is 5.84 Å². The van der Waals surface area contributed by atoms with Crippen molar-refractivity contribution in [3.8, 4) is 0 Å². The molecule has 40 heavy (non-hydrogen) atoms. The first-order chi connectivity index (χ1) is 19.5. The number of nitrogens with zero attached hydrogens (tertiary/aromatic N) is 3. The molecule has 0 spiro atoms. The molecule has 0 bridgehead atoms. The van der Waals surface area contributed by atoms with E-state index in [-0.39, 0.29) is 11.6 Å². The van der Waals surface area contributed by atoms with E-state index >= 15 is 0 Å². The normalized spacial score (nSPS) is 21.0. The first-order valence-electron chi connectivity index (χ1n) is 14.1. The van der Waals surface area contributed by atoms with Crippen molar-refractivity contribution in [2.75, 3.05) is 7.05 Å². The maximum atomic E-state index is 5.08. The van der Waals surface area contributed by atoms with Crippen molar-refractivity contribution in [2.45, 2.75) is 37.8 Å². The van der Waals surface area contributed by atoms with Crippen molar-refractivity contribution >= 4 is 17.2 Å². The fraction of sp³-hybridized carbons (Fsp3) is 0.189. The minimum atomic E-state index is -0.138. The number of fused-ring (bicyclic) bond motifs is 3. The number of allylic oxidation sites excluding steroid dienone is 4. The molecule has 0 radical (unpaired) electrons. The van der Waals surface area contributed by atoms with E-state index < -0.39 is 0 Å². The Hall–Kier alpha value is -4.50. The number of benzene rings is 4. The van der Waals surface area contributed by atoms with Crippen molar-refractivity contribution in [1.82, 2.24) is 4.90 Å². The Bertz CT molecular complexity index is 1690. The molecule has 2 unspecified atom stereocenters. The second-order valence-electron chi connectivity index (χ2n) is 11.5. The van der Waals surface area contributed by atoms with Gasteiger partial charge in [0, 0.05) is 29.5 Å². The third kappa shape index (κ3) is 4.05. The number of aliphatic imine (C=N–C) groups is 2. The maximum Gasteiger partial charge on any atom is 0.159 e. The van der Waals surface area contributed by atoms with E-state index in [4.69, 9.17) is 9.98 Å². The van der Waals surface area contributed by atoms with Crippen LogP contribution in [-0.4, -0.2) is 23.6 Å². The van der Waals surface area contributed by atoms with Crippen LogP contribution < -0.4 is 0 Å². The summed E-state index contributed by atoms with van der Waals surface area (Å²) in [5, 5.41) is 0. The first-order valence-corrected chi connectivity index (χ1v) is 14.1. The van der Waals surface area contributed by atoms with Crippen LogP contribution in [0, 0.1) is 0 Å². The van der Waals surface area contributed by atoms with Crippen molar-refractivity contribution in [3.05, 3.63) is 160 Å². The summed E-state index contributed by atoms with van der Waals surface area (Å²) in [5.74, 6) is 2.07.